The van der Waals surface area contributed by atoms with E-state index in [1.54, 1.807) is 13.8 Å². The first kappa shape index (κ1) is 23.8. The zero-order valence-electron chi connectivity index (χ0n) is 18.7. The van der Waals surface area contributed by atoms with Crippen molar-refractivity contribution in [3.05, 3.63) is 65.7 Å². The summed E-state index contributed by atoms with van der Waals surface area (Å²) < 4.78 is 64.8. The maximum Gasteiger partial charge on any atom is 0.416 e. The van der Waals surface area contributed by atoms with Gasteiger partial charge in [0.25, 0.3) is 0 Å². The highest BCUT2D eigenvalue weighted by atomic mass is 32.2. The second kappa shape index (κ2) is 8.15. The van der Waals surface area contributed by atoms with Crippen molar-refractivity contribution >= 4 is 15.7 Å². The molecule has 0 bridgehead atoms. The number of amides is 1. The number of carbonyl (C=O) groups is 1. The number of benzene rings is 2. The molecule has 4 rings (SSSR count). The molecule has 8 heteroatoms. The Morgan fingerprint density at radius 2 is 1.58 bits per heavy atom. The summed E-state index contributed by atoms with van der Waals surface area (Å²) in [4.78, 5) is 14.8. The summed E-state index contributed by atoms with van der Waals surface area (Å²) in [6.07, 6.45) is -2.01. The first-order valence-corrected chi connectivity index (χ1v) is 12.6. The van der Waals surface area contributed by atoms with Crippen molar-refractivity contribution in [2.45, 2.75) is 60.8 Å². The highest BCUT2D eigenvalue weighted by molar-refractivity contribution is 7.92. The van der Waals surface area contributed by atoms with Gasteiger partial charge in [0.05, 0.1) is 20.6 Å². The molecule has 0 radical (unpaired) electrons. The third-order valence-electron chi connectivity index (χ3n) is 7.42. The first-order valence-electron chi connectivity index (χ1n) is 11.2. The van der Waals surface area contributed by atoms with Crippen LogP contribution in [-0.2, 0) is 26.2 Å². The lowest BCUT2D eigenvalue weighted by Crippen LogP contribution is -2.49. The number of nitrogens with zero attached hydrogens (tertiary/aromatic N) is 1. The van der Waals surface area contributed by atoms with Crippen LogP contribution in [0, 0.1) is 5.92 Å². The summed E-state index contributed by atoms with van der Waals surface area (Å²) in [5, 5.41) is 0. The fraction of sp³-hybridized carbons (Fsp3) is 0.480. The van der Waals surface area contributed by atoms with E-state index in [-0.39, 0.29) is 16.7 Å². The van der Waals surface area contributed by atoms with Gasteiger partial charge in [0.2, 0.25) is 5.91 Å². The van der Waals surface area contributed by atoms with E-state index >= 15 is 0 Å². The van der Waals surface area contributed by atoms with Crippen LogP contribution in [0.2, 0.25) is 0 Å². The standard InChI is InChI=1S/C25H28F3NO3S/c1-23(2,33(31,32)21-10-6-9-20(17-21)25(26,27)28)18-11-15-29(16-12-18)22(30)24(13-14-24)19-7-4-3-5-8-19/h3-10,17-18H,11-16H2,1-2H3. The third kappa shape index (κ3) is 4.18. The van der Waals surface area contributed by atoms with E-state index in [1.165, 1.54) is 6.07 Å². The van der Waals surface area contributed by atoms with E-state index in [0.717, 1.165) is 30.5 Å². The van der Waals surface area contributed by atoms with Crippen LogP contribution in [0.5, 0.6) is 0 Å². The zero-order chi connectivity index (χ0) is 24.1. The average molecular weight is 480 g/mol. The van der Waals surface area contributed by atoms with Crippen LogP contribution in [0.15, 0.2) is 59.5 Å². The third-order valence-corrected chi connectivity index (χ3v) is 10.0. The minimum atomic E-state index is -4.61. The summed E-state index contributed by atoms with van der Waals surface area (Å²) in [5.41, 5.74) is -0.423. The van der Waals surface area contributed by atoms with Gasteiger partial charge in [-0.2, -0.15) is 13.2 Å². The molecule has 0 spiro atoms. The molecule has 2 aromatic rings. The van der Waals surface area contributed by atoms with E-state index in [1.807, 2.05) is 35.2 Å². The second-order valence-corrected chi connectivity index (χ2v) is 12.2. The highest BCUT2D eigenvalue weighted by Crippen LogP contribution is 2.50. The van der Waals surface area contributed by atoms with Crippen LogP contribution in [-0.4, -0.2) is 37.1 Å². The van der Waals surface area contributed by atoms with Crippen molar-refractivity contribution in [2.24, 2.45) is 5.92 Å². The fourth-order valence-corrected chi connectivity index (χ4v) is 6.77. The number of alkyl halides is 3. The Morgan fingerprint density at radius 1 is 0.970 bits per heavy atom. The van der Waals surface area contributed by atoms with E-state index in [9.17, 15) is 26.4 Å². The molecule has 1 saturated carbocycles. The smallest absolute Gasteiger partial charge is 0.342 e. The van der Waals surface area contributed by atoms with Crippen LogP contribution in [0.3, 0.4) is 0 Å². The largest absolute Gasteiger partial charge is 0.416 e. The van der Waals surface area contributed by atoms with Gasteiger partial charge in [-0.25, -0.2) is 8.42 Å². The molecule has 2 fully saturated rings. The van der Waals surface area contributed by atoms with Gasteiger partial charge in [0.1, 0.15) is 0 Å². The van der Waals surface area contributed by atoms with Gasteiger partial charge in [0, 0.05) is 13.1 Å². The molecule has 4 nitrogen and oxygen atoms in total. The SMILES string of the molecule is CC(C)(C1CCN(C(=O)C2(c3ccccc3)CC2)CC1)S(=O)(=O)c1cccc(C(F)(F)F)c1. The topological polar surface area (TPSA) is 54.5 Å². The predicted octanol–water partition coefficient (Wildman–Crippen LogP) is 5.23. The van der Waals surface area contributed by atoms with E-state index in [0.29, 0.717) is 32.0 Å². The van der Waals surface area contributed by atoms with Gasteiger partial charge in [-0.05, 0) is 69.2 Å². The number of carbonyl (C=O) groups excluding carboxylic acids is 1. The van der Waals surface area contributed by atoms with Crippen molar-refractivity contribution in [3.63, 3.8) is 0 Å². The number of piperidine rings is 1. The van der Waals surface area contributed by atoms with Gasteiger partial charge in [-0.15, -0.1) is 0 Å². The van der Waals surface area contributed by atoms with Crippen LogP contribution < -0.4 is 0 Å². The van der Waals surface area contributed by atoms with Crippen molar-refractivity contribution in [3.8, 4) is 0 Å². The minimum absolute atomic E-state index is 0.0886. The Kier molecular flexibility index (Phi) is 5.88. The lowest BCUT2D eigenvalue weighted by atomic mass is 9.85. The van der Waals surface area contributed by atoms with Crippen molar-refractivity contribution < 1.29 is 26.4 Å². The minimum Gasteiger partial charge on any atom is -0.342 e. The number of hydrogen-bond donors (Lipinski definition) is 0. The monoisotopic (exact) mass is 479 g/mol. The Bertz CT molecular complexity index is 1130. The van der Waals surface area contributed by atoms with Gasteiger partial charge >= 0.3 is 6.18 Å². The summed E-state index contributed by atoms with van der Waals surface area (Å²) in [5.74, 6) is -0.182. The molecule has 1 heterocycles. The molecule has 2 aliphatic rings. The van der Waals surface area contributed by atoms with Crippen molar-refractivity contribution in [2.75, 3.05) is 13.1 Å². The molecule has 178 valence electrons. The Hall–Kier alpha value is -2.35. The van der Waals surface area contributed by atoms with E-state index in [4.69, 9.17) is 0 Å². The number of hydrogen-bond acceptors (Lipinski definition) is 3. The summed E-state index contributed by atoms with van der Waals surface area (Å²) in [6, 6.07) is 13.7. The highest BCUT2D eigenvalue weighted by Gasteiger charge is 2.54. The average Bonchev–Trinajstić information content (AvgIpc) is 3.61. The molecule has 1 aliphatic heterocycles. The van der Waals surface area contributed by atoms with Crippen molar-refractivity contribution in [1.29, 1.82) is 0 Å². The van der Waals surface area contributed by atoms with Crippen molar-refractivity contribution in [1.82, 2.24) is 4.90 Å². The molecule has 0 N–H and O–H groups in total. The van der Waals surface area contributed by atoms with Gasteiger partial charge in [-0.1, -0.05) is 36.4 Å². The van der Waals surface area contributed by atoms with Crippen LogP contribution >= 0.6 is 0 Å². The predicted molar refractivity (Wildman–Crippen MR) is 119 cm³/mol. The second-order valence-electron chi connectivity index (χ2n) is 9.65. The van der Waals surface area contributed by atoms with Gasteiger partial charge in [-0.3, -0.25) is 4.79 Å². The normalized spacial score (nSPS) is 19.4. The Balaban J connectivity index is 1.49. The Labute approximate surface area is 192 Å². The molecule has 1 amide bonds. The number of rotatable bonds is 5. The first-order chi connectivity index (χ1) is 15.4. The molecular formula is C25H28F3NO3S. The molecule has 2 aromatic carbocycles. The maximum atomic E-state index is 13.4. The summed E-state index contributed by atoms with van der Waals surface area (Å²) >= 11 is 0. The molecular weight excluding hydrogens is 451 g/mol. The van der Waals surface area contributed by atoms with E-state index in [2.05, 4.69) is 0 Å². The molecule has 0 unspecified atom stereocenters. The lowest BCUT2D eigenvalue weighted by molar-refractivity contribution is -0.138. The number of halogens is 3. The molecule has 33 heavy (non-hydrogen) atoms. The number of sulfone groups is 1. The van der Waals surface area contributed by atoms with Gasteiger partial charge in [0.15, 0.2) is 9.84 Å². The fourth-order valence-electron chi connectivity index (χ4n) is 4.95. The van der Waals surface area contributed by atoms with Crippen LogP contribution in [0.1, 0.15) is 50.7 Å². The van der Waals surface area contributed by atoms with Gasteiger partial charge < -0.3 is 4.90 Å². The maximum absolute atomic E-state index is 13.4. The van der Waals surface area contributed by atoms with E-state index < -0.39 is 31.7 Å². The molecule has 1 saturated heterocycles. The summed E-state index contributed by atoms with van der Waals surface area (Å²) in [6.45, 7) is 4.05. The quantitative estimate of drug-likeness (QED) is 0.590. The zero-order valence-corrected chi connectivity index (χ0v) is 19.5. The molecule has 0 atom stereocenters. The van der Waals surface area contributed by atoms with Crippen LogP contribution in [0.4, 0.5) is 13.2 Å². The summed E-state index contributed by atoms with van der Waals surface area (Å²) in [7, 11) is -4.02. The molecule has 0 aromatic heterocycles. The lowest BCUT2D eigenvalue weighted by Gasteiger charge is -2.41. The molecule has 1 aliphatic carbocycles. The van der Waals surface area contributed by atoms with Crippen LogP contribution in [0.25, 0.3) is 0 Å². The number of likely N-dealkylation sites (tertiary alicyclic amines) is 1. The Morgan fingerprint density at radius 3 is 2.12 bits per heavy atom.